The molecule has 2 aromatic rings. The van der Waals surface area contributed by atoms with Gasteiger partial charge in [-0.3, -0.25) is 4.68 Å². The van der Waals surface area contributed by atoms with E-state index in [1.54, 1.807) is 4.68 Å². The number of halogens is 1. The van der Waals surface area contributed by atoms with Crippen molar-refractivity contribution in [3.05, 3.63) is 38.8 Å². The molecule has 0 saturated heterocycles. The van der Waals surface area contributed by atoms with E-state index in [0.29, 0.717) is 6.42 Å². The van der Waals surface area contributed by atoms with Crippen molar-refractivity contribution in [1.29, 1.82) is 0 Å². The molecule has 0 fully saturated rings. The lowest BCUT2D eigenvalue weighted by Crippen LogP contribution is -2.02. The van der Waals surface area contributed by atoms with Crippen molar-refractivity contribution in [2.45, 2.75) is 25.9 Å². The van der Waals surface area contributed by atoms with Gasteiger partial charge in [0.1, 0.15) is 0 Å². The summed E-state index contributed by atoms with van der Waals surface area (Å²) in [5, 5.41) is 14.5. The van der Waals surface area contributed by atoms with Crippen LogP contribution in [0.15, 0.2) is 18.3 Å². The molecule has 0 aliphatic rings. The second kappa shape index (κ2) is 5.21. The molecule has 5 heteroatoms. The minimum Gasteiger partial charge on any atom is -0.388 e. The fourth-order valence-corrected chi connectivity index (χ4v) is 2.99. The van der Waals surface area contributed by atoms with Crippen molar-refractivity contribution in [2.75, 3.05) is 0 Å². The zero-order chi connectivity index (χ0) is 12.4. The summed E-state index contributed by atoms with van der Waals surface area (Å²) in [6.45, 7) is 2.04. The number of nitrogens with zero attached hydrogens (tertiary/aromatic N) is 2. The number of rotatable bonds is 4. The average molecular weight is 271 g/mol. The fourth-order valence-electron chi connectivity index (χ4n) is 1.87. The normalized spacial score (nSPS) is 12.9. The van der Waals surface area contributed by atoms with Gasteiger partial charge in [0.2, 0.25) is 0 Å². The first-order valence-electron chi connectivity index (χ1n) is 5.54. The van der Waals surface area contributed by atoms with Gasteiger partial charge >= 0.3 is 0 Å². The van der Waals surface area contributed by atoms with Crippen LogP contribution < -0.4 is 0 Å². The molecule has 2 rings (SSSR count). The standard InChI is InChI=1S/C12H15ClN2OS/c1-3-10-9(7-15(2)14-10)11(16)6-8-4-5-12(13)17-8/h4-5,7,11,16H,3,6H2,1-2H3. The van der Waals surface area contributed by atoms with E-state index in [9.17, 15) is 5.11 Å². The van der Waals surface area contributed by atoms with E-state index in [1.807, 2.05) is 32.3 Å². The number of hydrogen-bond acceptors (Lipinski definition) is 3. The van der Waals surface area contributed by atoms with Gasteiger partial charge in [0.25, 0.3) is 0 Å². The van der Waals surface area contributed by atoms with Crippen molar-refractivity contribution < 1.29 is 5.11 Å². The first-order valence-corrected chi connectivity index (χ1v) is 6.74. The van der Waals surface area contributed by atoms with Gasteiger partial charge in [-0.05, 0) is 18.6 Å². The lowest BCUT2D eigenvalue weighted by Gasteiger charge is -2.08. The number of aryl methyl sites for hydroxylation is 2. The molecular weight excluding hydrogens is 256 g/mol. The van der Waals surface area contributed by atoms with E-state index in [0.717, 1.165) is 26.9 Å². The van der Waals surface area contributed by atoms with Crippen LogP contribution in [0.25, 0.3) is 0 Å². The van der Waals surface area contributed by atoms with Crippen molar-refractivity contribution >= 4 is 22.9 Å². The molecule has 0 aliphatic carbocycles. The van der Waals surface area contributed by atoms with Gasteiger partial charge in [-0.15, -0.1) is 11.3 Å². The van der Waals surface area contributed by atoms with Crippen LogP contribution in [0, 0.1) is 0 Å². The molecule has 0 saturated carbocycles. The lowest BCUT2D eigenvalue weighted by molar-refractivity contribution is 0.178. The second-order valence-electron chi connectivity index (χ2n) is 3.98. The largest absolute Gasteiger partial charge is 0.388 e. The number of aromatic nitrogens is 2. The summed E-state index contributed by atoms with van der Waals surface area (Å²) in [4.78, 5) is 1.09. The Bertz CT molecular complexity index is 506. The van der Waals surface area contributed by atoms with E-state index < -0.39 is 6.10 Å². The van der Waals surface area contributed by atoms with Crippen molar-refractivity contribution in [3.63, 3.8) is 0 Å². The summed E-state index contributed by atoms with van der Waals surface area (Å²) in [7, 11) is 1.87. The Labute approximate surface area is 110 Å². The van der Waals surface area contributed by atoms with Crippen molar-refractivity contribution in [3.8, 4) is 0 Å². The molecule has 92 valence electrons. The van der Waals surface area contributed by atoms with E-state index in [1.165, 1.54) is 11.3 Å². The topological polar surface area (TPSA) is 38.0 Å². The van der Waals surface area contributed by atoms with Gasteiger partial charge in [-0.2, -0.15) is 5.10 Å². The Morgan fingerprint density at radius 1 is 1.53 bits per heavy atom. The maximum Gasteiger partial charge on any atom is 0.0931 e. The fraction of sp³-hybridized carbons (Fsp3) is 0.417. The third-order valence-corrected chi connectivity index (χ3v) is 3.91. The van der Waals surface area contributed by atoms with E-state index in [4.69, 9.17) is 11.6 Å². The summed E-state index contributed by atoms with van der Waals surface area (Å²) in [5.41, 5.74) is 1.88. The third kappa shape index (κ3) is 2.89. The third-order valence-electron chi connectivity index (χ3n) is 2.65. The number of hydrogen-bond donors (Lipinski definition) is 1. The van der Waals surface area contributed by atoms with Gasteiger partial charge in [0, 0.05) is 30.1 Å². The molecule has 2 heterocycles. The molecule has 0 aliphatic heterocycles. The first kappa shape index (κ1) is 12.6. The highest BCUT2D eigenvalue weighted by Gasteiger charge is 2.16. The molecule has 2 aromatic heterocycles. The molecule has 17 heavy (non-hydrogen) atoms. The van der Waals surface area contributed by atoms with Crippen LogP contribution >= 0.6 is 22.9 Å². The van der Waals surface area contributed by atoms with Crippen LogP contribution in [0.2, 0.25) is 4.34 Å². The predicted octanol–water partition coefficient (Wildman–Crippen LogP) is 2.97. The van der Waals surface area contributed by atoms with Crippen LogP contribution in [0.4, 0.5) is 0 Å². The summed E-state index contributed by atoms with van der Waals surface area (Å²) < 4.78 is 2.51. The average Bonchev–Trinajstić information content (AvgIpc) is 2.84. The molecule has 0 radical (unpaired) electrons. The number of thiophene rings is 1. The molecule has 0 aromatic carbocycles. The van der Waals surface area contributed by atoms with Gasteiger partial charge in [0.05, 0.1) is 16.1 Å². The van der Waals surface area contributed by atoms with Crippen LogP contribution in [0.5, 0.6) is 0 Å². The Hall–Kier alpha value is -0.840. The summed E-state index contributed by atoms with van der Waals surface area (Å²) >= 11 is 7.38. The number of aliphatic hydroxyl groups excluding tert-OH is 1. The molecule has 1 atom stereocenters. The van der Waals surface area contributed by atoms with Gasteiger partial charge in [-0.1, -0.05) is 18.5 Å². The quantitative estimate of drug-likeness (QED) is 0.928. The minimum atomic E-state index is -0.506. The van der Waals surface area contributed by atoms with Crippen molar-refractivity contribution in [1.82, 2.24) is 9.78 Å². The Morgan fingerprint density at radius 2 is 2.29 bits per heavy atom. The second-order valence-corrected chi connectivity index (χ2v) is 5.78. The van der Waals surface area contributed by atoms with E-state index >= 15 is 0 Å². The smallest absolute Gasteiger partial charge is 0.0931 e. The SMILES string of the molecule is CCc1nn(C)cc1C(O)Cc1ccc(Cl)s1. The molecule has 1 unspecified atom stereocenters. The van der Waals surface area contributed by atoms with Crippen LogP contribution in [-0.4, -0.2) is 14.9 Å². The van der Waals surface area contributed by atoms with E-state index in [2.05, 4.69) is 5.10 Å². The van der Waals surface area contributed by atoms with Crippen LogP contribution in [-0.2, 0) is 19.9 Å². The molecule has 0 bridgehead atoms. The molecule has 0 spiro atoms. The predicted molar refractivity (Wildman–Crippen MR) is 70.6 cm³/mol. The zero-order valence-electron chi connectivity index (χ0n) is 9.85. The molecule has 3 nitrogen and oxygen atoms in total. The number of aliphatic hydroxyl groups is 1. The van der Waals surface area contributed by atoms with Crippen molar-refractivity contribution in [2.24, 2.45) is 7.05 Å². The summed E-state index contributed by atoms with van der Waals surface area (Å²) in [6.07, 6.45) is 2.81. The Kier molecular flexibility index (Phi) is 3.86. The van der Waals surface area contributed by atoms with Crippen LogP contribution in [0.1, 0.15) is 29.2 Å². The highest BCUT2D eigenvalue weighted by molar-refractivity contribution is 7.16. The molecule has 0 amide bonds. The molecular formula is C12H15ClN2OS. The summed E-state index contributed by atoms with van der Waals surface area (Å²) in [5.74, 6) is 0. The summed E-state index contributed by atoms with van der Waals surface area (Å²) in [6, 6.07) is 3.82. The maximum absolute atomic E-state index is 10.2. The Morgan fingerprint density at radius 3 is 2.88 bits per heavy atom. The van der Waals surface area contributed by atoms with Crippen LogP contribution in [0.3, 0.4) is 0 Å². The highest BCUT2D eigenvalue weighted by atomic mass is 35.5. The monoisotopic (exact) mass is 270 g/mol. The molecule has 1 N–H and O–H groups in total. The highest BCUT2D eigenvalue weighted by Crippen LogP contribution is 2.27. The Balaban J connectivity index is 2.16. The lowest BCUT2D eigenvalue weighted by atomic mass is 10.1. The zero-order valence-corrected chi connectivity index (χ0v) is 11.4. The van der Waals surface area contributed by atoms with Gasteiger partial charge in [0.15, 0.2) is 0 Å². The minimum absolute atomic E-state index is 0.506. The van der Waals surface area contributed by atoms with Gasteiger partial charge in [-0.25, -0.2) is 0 Å². The first-order chi connectivity index (χ1) is 8.10. The van der Waals surface area contributed by atoms with Gasteiger partial charge < -0.3 is 5.11 Å². The maximum atomic E-state index is 10.2. The van der Waals surface area contributed by atoms with E-state index in [-0.39, 0.29) is 0 Å².